The first-order valence-electron chi connectivity index (χ1n) is 6.28. The Hall–Kier alpha value is -1.01. The lowest BCUT2D eigenvalue weighted by Gasteiger charge is -2.34. The molecule has 2 aliphatic rings. The Kier molecular flexibility index (Phi) is 3.79. The van der Waals surface area contributed by atoms with Crippen LogP contribution in [0, 0.1) is 0 Å². The summed E-state index contributed by atoms with van der Waals surface area (Å²) in [4.78, 5) is 2.19. The van der Waals surface area contributed by atoms with Crippen LogP contribution in [0.5, 0.6) is 11.5 Å². The fourth-order valence-electron chi connectivity index (χ4n) is 2.41. The van der Waals surface area contributed by atoms with Crippen molar-refractivity contribution in [2.24, 2.45) is 0 Å². The highest BCUT2D eigenvalue weighted by Gasteiger charge is 2.24. The normalized spacial score (nSPS) is 22.7. The van der Waals surface area contributed by atoms with Crippen molar-refractivity contribution in [2.75, 3.05) is 33.2 Å². The predicted molar refractivity (Wildman–Crippen MR) is 69.7 cm³/mol. The molecule has 1 atom stereocenters. The van der Waals surface area contributed by atoms with Gasteiger partial charge in [0, 0.05) is 13.1 Å². The van der Waals surface area contributed by atoms with Gasteiger partial charge >= 0.3 is 0 Å². The van der Waals surface area contributed by atoms with E-state index in [0.717, 1.165) is 12.1 Å². The van der Waals surface area contributed by atoms with Crippen LogP contribution in [0.15, 0.2) is 12.1 Å². The first-order chi connectivity index (χ1) is 9.28. The number of benzene rings is 1. The Balaban J connectivity index is 1.77. The van der Waals surface area contributed by atoms with Crippen molar-refractivity contribution in [3.63, 3.8) is 0 Å². The number of halogens is 1. The molecule has 0 aromatic heterocycles. The standard InChI is InChI=1S/C13H16ClNO4/c14-11-3-9(4-12-13(11)19-8-18-12)5-15-1-2-17-7-10(15)6-16/h3-4,10,16H,1-2,5-8H2. The van der Waals surface area contributed by atoms with Crippen molar-refractivity contribution in [2.45, 2.75) is 12.6 Å². The summed E-state index contributed by atoms with van der Waals surface area (Å²) in [7, 11) is 0. The molecule has 104 valence electrons. The lowest BCUT2D eigenvalue weighted by molar-refractivity contribution is -0.0312. The number of aliphatic hydroxyl groups excluding tert-OH is 1. The Bertz CT molecular complexity index is 468. The number of ether oxygens (including phenoxy) is 3. The minimum atomic E-state index is 0.0398. The summed E-state index contributed by atoms with van der Waals surface area (Å²) in [5, 5.41) is 9.92. The Morgan fingerprint density at radius 3 is 3.11 bits per heavy atom. The van der Waals surface area contributed by atoms with Crippen molar-refractivity contribution in [3.8, 4) is 11.5 Å². The molecule has 2 aliphatic heterocycles. The van der Waals surface area contributed by atoms with Gasteiger partial charge in [-0.05, 0) is 17.7 Å². The molecule has 1 unspecified atom stereocenters. The van der Waals surface area contributed by atoms with Crippen molar-refractivity contribution in [1.82, 2.24) is 4.90 Å². The van der Waals surface area contributed by atoms with Gasteiger partial charge < -0.3 is 19.3 Å². The van der Waals surface area contributed by atoms with E-state index in [-0.39, 0.29) is 19.4 Å². The van der Waals surface area contributed by atoms with Crippen LogP contribution >= 0.6 is 11.6 Å². The van der Waals surface area contributed by atoms with Gasteiger partial charge in [-0.1, -0.05) is 11.6 Å². The van der Waals surface area contributed by atoms with E-state index in [2.05, 4.69) is 4.90 Å². The van der Waals surface area contributed by atoms with Crippen molar-refractivity contribution in [3.05, 3.63) is 22.7 Å². The van der Waals surface area contributed by atoms with E-state index in [1.807, 2.05) is 12.1 Å². The maximum Gasteiger partial charge on any atom is 0.231 e. The van der Waals surface area contributed by atoms with Crippen molar-refractivity contribution >= 4 is 11.6 Å². The molecule has 0 bridgehead atoms. The van der Waals surface area contributed by atoms with E-state index in [9.17, 15) is 5.11 Å². The summed E-state index contributed by atoms with van der Waals surface area (Å²) < 4.78 is 16.0. The van der Waals surface area contributed by atoms with Crippen LogP contribution in [0.3, 0.4) is 0 Å². The van der Waals surface area contributed by atoms with Gasteiger partial charge in [-0.3, -0.25) is 4.90 Å². The zero-order chi connectivity index (χ0) is 13.2. The van der Waals surface area contributed by atoms with Gasteiger partial charge in [-0.2, -0.15) is 0 Å². The molecule has 1 N–H and O–H groups in total. The number of rotatable bonds is 3. The van der Waals surface area contributed by atoms with Crippen molar-refractivity contribution < 1.29 is 19.3 Å². The van der Waals surface area contributed by atoms with E-state index in [1.54, 1.807) is 0 Å². The summed E-state index contributed by atoms with van der Waals surface area (Å²) in [5.74, 6) is 1.31. The molecular weight excluding hydrogens is 270 g/mol. The van der Waals surface area contributed by atoms with Crippen LogP contribution < -0.4 is 9.47 Å². The molecule has 1 aromatic carbocycles. The largest absolute Gasteiger partial charge is 0.454 e. The number of nitrogens with zero attached hydrogens (tertiary/aromatic N) is 1. The SMILES string of the molecule is OCC1COCCN1Cc1cc(Cl)c2c(c1)OCO2. The average molecular weight is 286 g/mol. The lowest BCUT2D eigenvalue weighted by atomic mass is 10.1. The molecule has 0 radical (unpaired) electrons. The van der Waals surface area contributed by atoms with Gasteiger partial charge in [-0.15, -0.1) is 0 Å². The number of morpholine rings is 1. The third-order valence-electron chi connectivity index (χ3n) is 3.43. The van der Waals surface area contributed by atoms with Gasteiger partial charge in [0.1, 0.15) is 0 Å². The molecule has 19 heavy (non-hydrogen) atoms. The summed E-state index contributed by atoms with van der Waals surface area (Å²) in [6.45, 7) is 3.08. The molecular formula is C13H16ClNO4. The molecule has 0 spiro atoms. The molecule has 0 aliphatic carbocycles. The van der Waals surface area contributed by atoms with Crippen LogP contribution in [0.1, 0.15) is 5.56 Å². The molecule has 2 heterocycles. The molecule has 0 amide bonds. The van der Waals surface area contributed by atoms with Gasteiger partial charge in [0.25, 0.3) is 0 Å². The van der Waals surface area contributed by atoms with E-state index in [4.69, 9.17) is 25.8 Å². The predicted octanol–water partition coefficient (Wildman–Crippen LogP) is 1.26. The maximum absolute atomic E-state index is 9.36. The summed E-state index contributed by atoms with van der Waals surface area (Å²) in [5.41, 5.74) is 1.05. The molecule has 5 nitrogen and oxygen atoms in total. The van der Waals surface area contributed by atoms with Crippen LogP contribution in [-0.4, -0.2) is 49.2 Å². The molecule has 0 saturated carbocycles. The molecule has 3 rings (SSSR count). The smallest absolute Gasteiger partial charge is 0.231 e. The highest BCUT2D eigenvalue weighted by molar-refractivity contribution is 6.32. The summed E-state index contributed by atoms with van der Waals surface area (Å²) >= 11 is 6.17. The minimum Gasteiger partial charge on any atom is -0.454 e. The van der Waals surface area contributed by atoms with E-state index in [1.165, 1.54) is 0 Å². The quantitative estimate of drug-likeness (QED) is 0.906. The second-order valence-corrected chi connectivity index (χ2v) is 5.10. The number of hydrogen-bond donors (Lipinski definition) is 1. The summed E-state index contributed by atoms with van der Waals surface area (Å²) in [6.07, 6.45) is 0. The van der Waals surface area contributed by atoms with Crippen molar-refractivity contribution in [1.29, 1.82) is 0 Å². The lowest BCUT2D eigenvalue weighted by Crippen LogP contribution is -2.46. The van der Waals surface area contributed by atoms with E-state index >= 15 is 0 Å². The Morgan fingerprint density at radius 1 is 1.37 bits per heavy atom. The van der Waals surface area contributed by atoms with E-state index < -0.39 is 0 Å². The Labute approximate surface area is 116 Å². The fourth-order valence-corrected chi connectivity index (χ4v) is 2.70. The first-order valence-corrected chi connectivity index (χ1v) is 6.66. The number of aliphatic hydroxyl groups is 1. The van der Waals surface area contributed by atoms with Crippen LogP contribution in [0.2, 0.25) is 5.02 Å². The van der Waals surface area contributed by atoms with Gasteiger partial charge in [0.15, 0.2) is 11.5 Å². The second kappa shape index (κ2) is 5.54. The second-order valence-electron chi connectivity index (χ2n) is 4.69. The topological polar surface area (TPSA) is 51.2 Å². The minimum absolute atomic E-state index is 0.0398. The molecule has 6 heteroatoms. The highest BCUT2D eigenvalue weighted by Crippen LogP contribution is 2.40. The molecule has 1 fully saturated rings. The monoisotopic (exact) mass is 285 g/mol. The maximum atomic E-state index is 9.36. The average Bonchev–Trinajstić information content (AvgIpc) is 2.88. The third kappa shape index (κ3) is 2.65. The van der Waals surface area contributed by atoms with Gasteiger partial charge in [0.05, 0.1) is 30.9 Å². The highest BCUT2D eigenvalue weighted by atomic mass is 35.5. The van der Waals surface area contributed by atoms with Gasteiger partial charge in [0.2, 0.25) is 6.79 Å². The van der Waals surface area contributed by atoms with Crippen LogP contribution in [-0.2, 0) is 11.3 Å². The van der Waals surface area contributed by atoms with E-state index in [0.29, 0.717) is 36.3 Å². The number of fused-ring (bicyclic) bond motifs is 1. The number of hydrogen-bond acceptors (Lipinski definition) is 5. The van der Waals surface area contributed by atoms with Crippen LogP contribution in [0.25, 0.3) is 0 Å². The zero-order valence-corrected chi connectivity index (χ0v) is 11.2. The van der Waals surface area contributed by atoms with Gasteiger partial charge in [-0.25, -0.2) is 0 Å². The zero-order valence-electron chi connectivity index (χ0n) is 10.5. The summed E-state index contributed by atoms with van der Waals surface area (Å²) in [6, 6.07) is 3.87. The molecule has 1 saturated heterocycles. The molecule has 1 aromatic rings. The van der Waals surface area contributed by atoms with Crippen LogP contribution in [0.4, 0.5) is 0 Å². The third-order valence-corrected chi connectivity index (χ3v) is 3.71. The fraction of sp³-hybridized carbons (Fsp3) is 0.538. The first kappa shape index (κ1) is 13.0. The Morgan fingerprint density at radius 2 is 2.26 bits per heavy atom.